The Morgan fingerprint density at radius 1 is 1.33 bits per heavy atom. The van der Waals surface area contributed by atoms with Gasteiger partial charge in [-0.1, -0.05) is 25.1 Å². The van der Waals surface area contributed by atoms with Crippen LogP contribution >= 0.6 is 0 Å². The summed E-state index contributed by atoms with van der Waals surface area (Å²) >= 11 is 0. The van der Waals surface area contributed by atoms with Gasteiger partial charge >= 0.3 is 0 Å². The Bertz CT molecular complexity index is 520. The van der Waals surface area contributed by atoms with Gasteiger partial charge in [0.25, 0.3) is 0 Å². The van der Waals surface area contributed by atoms with E-state index in [4.69, 9.17) is 9.47 Å². The molecular weight excluding hydrogens is 306 g/mol. The van der Waals surface area contributed by atoms with Crippen LogP contribution in [0, 0.1) is 5.92 Å². The molecule has 1 aliphatic carbocycles. The predicted molar refractivity (Wildman–Crippen MR) is 93.1 cm³/mol. The third-order valence-electron chi connectivity index (χ3n) is 4.56. The SMILES string of the molecule is CCCOc1ccccc1CCNC(=O)[C@@H]1CC[C@H](O)[C@H](OC)C1. The molecule has 24 heavy (non-hydrogen) atoms. The number of amides is 1. The molecule has 1 amide bonds. The number of ether oxygens (including phenoxy) is 2. The number of para-hydroxylation sites is 1. The Kier molecular flexibility index (Phi) is 7.53. The highest BCUT2D eigenvalue weighted by Gasteiger charge is 2.32. The monoisotopic (exact) mass is 335 g/mol. The molecule has 0 saturated heterocycles. The van der Waals surface area contributed by atoms with Gasteiger partial charge in [-0.15, -0.1) is 0 Å². The van der Waals surface area contributed by atoms with E-state index in [2.05, 4.69) is 12.2 Å². The molecular formula is C19H29NO4. The number of aliphatic hydroxyl groups is 1. The van der Waals surface area contributed by atoms with E-state index in [1.807, 2.05) is 24.3 Å². The lowest BCUT2D eigenvalue weighted by atomic mass is 9.84. The van der Waals surface area contributed by atoms with E-state index < -0.39 is 6.10 Å². The van der Waals surface area contributed by atoms with Crippen molar-refractivity contribution in [2.75, 3.05) is 20.3 Å². The average Bonchev–Trinajstić information content (AvgIpc) is 2.61. The van der Waals surface area contributed by atoms with E-state index in [1.165, 1.54) is 0 Å². The minimum Gasteiger partial charge on any atom is -0.493 e. The zero-order chi connectivity index (χ0) is 17.4. The molecule has 5 nitrogen and oxygen atoms in total. The van der Waals surface area contributed by atoms with Gasteiger partial charge < -0.3 is 19.9 Å². The van der Waals surface area contributed by atoms with Crippen molar-refractivity contribution >= 4 is 5.91 Å². The minimum absolute atomic E-state index is 0.0518. The maximum absolute atomic E-state index is 12.3. The Morgan fingerprint density at radius 2 is 2.12 bits per heavy atom. The van der Waals surface area contributed by atoms with Crippen LogP contribution in [0.15, 0.2) is 24.3 Å². The van der Waals surface area contributed by atoms with Gasteiger partial charge in [-0.25, -0.2) is 0 Å². The molecule has 1 saturated carbocycles. The van der Waals surface area contributed by atoms with Crippen molar-refractivity contribution in [3.8, 4) is 5.75 Å². The zero-order valence-corrected chi connectivity index (χ0v) is 14.7. The molecule has 3 atom stereocenters. The zero-order valence-electron chi connectivity index (χ0n) is 14.7. The lowest BCUT2D eigenvalue weighted by molar-refractivity contribution is -0.130. The summed E-state index contributed by atoms with van der Waals surface area (Å²) in [4.78, 5) is 12.3. The standard InChI is InChI=1S/C19H29NO4/c1-3-12-24-17-7-5-4-6-14(17)10-11-20-19(22)15-8-9-16(21)18(13-15)23-2/h4-7,15-16,18,21H,3,8-13H2,1-2H3,(H,20,22)/t15-,16+,18-/m1/s1. The summed E-state index contributed by atoms with van der Waals surface area (Å²) in [6.07, 6.45) is 2.93. The molecule has 0 aliphatic heterocycles. The molecule has 134 valence electrons. The number of rotatable bonds is 8. The van der Waals surface area contributed by atoms with Gasteiger partial charge in [0.15, 0.2) is 0 Å². The van der Waals surface area contributed by atoms with Gasteiger partial charge in [0.1, 0.15) is 5.75 Å². The first-order valence-electron chi connectivity index (χ1n) is 8.85. The smallest absolute Gasteiger partial charge is 0.223 e. The van der Waals surface area contributed by atoms with Crippen LogP contribution in [0.1, 0.15) is 38.2 Å². The lowest BCUT2D eigenvalue weighted by Crippen LogP contribution is -2.41. The van der Waals surface area contributed by atoms with Gasteiger partial charge in [-0.3, -0.25) is 4.79 Å². The average molecular weight is 335 g/mol. The molecule has 2 N–H and O–H groups in total. The van der Waals surface area contributed by atoms with Gasteiger partial charge in [0.2, 0.25) is 5.91 Å². The highest BCUT2D eigenvalue weighted by atomic mass is 16.5. The van der Waals surface area contributed by atoms with Gasteiger partial charge in [-0.2, -0.15) is 0 Å². The first kappa shape index (κ1) is 18.7. The van der Waals surface area contributed by atoms with Crippen molar-refractivity contribution < 1.29 is 19.4 Å². The number of benzene rings is 1. The highest BCUT2D eigenvalue weighted by molar-refractivity contribution is 5.78. The predicted octanol–water partition coefficient (Wildman–Crippen LogP) is 2.31. The van der Waals surface area contributed by atoms with Crippen LogP contribution in [-0.2, 0) is 16.0 Å². The molecule has 1 aliphatic rings. The Hall–Kier alpha value is -1.59. The molecule has 0 unspecified atom stereocenters. The van der Waals surface area contributed by atoms with Gasteiger partial charge in [0, 0.05) is 19.6 Å². The number of hydrogen-bond donors (Lipinski definition) is 2. The van der Waals surface area contributed by atoms with Crippen molar-refractivity contribution in [1.29, 1.82) is 0 Å². The molecule has 1 aromatic carbocycles. The maximum Gasteiger partial charge on any atom is 0.223 e. The van der Waals surface area contributed by atoms with E-state index in [0.717, 1.165) is 24.2 Å². The third kappa shape index (κ3) is 5.21. The number of carbonyl (C=O) groups excluding carboxylic acids is 1. The first-order valence-corrected chi connectivity index (χ1v) is 8.85. The fourth-order valence-electron chi connectivity index (χ4n) is 3.13. The molecule has 0 spiro atoms. The molecule has 0 heterocycles. The summed E-state index contributed by atoms with van der Waals surface area (Å²) in [6, 6.07) is 7.96. The highest BCUT2D eigenvalue weighted by Crippen LogP contribution is 2.26. The van der Waals surface area contributed by atoms with E-state index in [9.17, 15) is 9.90 Å². The maximum atomic E-state index is 12.3. The number of nitrogens with one attached hydrogen (secondary N) is 1. The second-order valence-electron chi connectivity index (χ2n) is 6.35. The van der Waals surface area contributed by atoms with Gasteiger partial charge in [-0.05, 0) is 43.7 Å². The topological polar surface area (TPSA) is 67.8 Å². The number of aliphatic hydroxyl groups excluding tert-OH is 1. The fraction of sp³-hybridized carbons (Fsp3) is 0.632. The normalized spacial score (nSPS) is 23.7. The van der Waals surface area contributed by atoms with Crippen LogP contribution in [0.4, 0.5) is 0 Å². The number of carbonyl (C=O) groups is 1. The van der Waals surface area contributed by atoms with Crippen molar-refractivity contribution in [2.45, 2.75) is 51.2 Å². The quantitative estimate of drug-likeness (QED) is 0.765. The summed E-state index contributed by atoms with van der Waals surface area (Å²) in [5, 5.41) is 12.8. The Morgan fingerprint density at radius 3 is 2.88 bits per heavy atom. The van der Waals surface area contributed by atoms with Crippen LogP contribution in [0.3, 0.4) is 0 Å². The van der Waals surface area contributed by atoms with Crippen molar-refractivity contribution in [2.24, 2.45) is 5.92 Å². The second kappa shape index (κ2) is 9.64. The van der Waals surface area contributed by atoms with Crippen molar-refractivity contribution in [3.63, 3.8) is 0 Å². The molecule has 2 rings (SSSR count). The van der Waals surface area contributed by atoms with Gasteiger partial charge in [0.05, 0.1) is 18.8 Å². The van der Waals surface area contributed by atoms with Crippen LogP contribution in [0.2, 0.25) is 0 Å². The van der Waals surface area contributed by atoms with E-state index in [1.54, 1.807) is 7.11 Å². The summed E-state index contributed by atoms with van der Waals surface area (Å²) in [5.41, 5.74) is 1.11. The lowest BCUT2D eigenvalue weighted by Gasteiger charge is -2.31. The van der Waals surface area contributed by atoms with Crippen LogP contribution < -0.4 is 10.1 Å². The number of hydrogen-bond acceptors (Lipinski definition) is 4. The molecule has 5 heteroatoms. The Labute approximate surface area is 144 Å². The van der Waals surface area contributed by atoms with Crippen LogP contribution in [0.25, 0.3) is 0 Å². The second-order valence-corrected chi connectivity index (χ2v) is 6.35. The fourth-order valence-corrected chi connectivity index (χ4v) is 3.13. The Balaban J connectivity index is 1.80. The van der Waals surface area contributed by atoms with Crippen molar-refractivity contribution in [3.05, 3.63) is 29.8 Å². The molecule has 0 radical (unpaired) electrons. The van der Waals surface area contributed by atoms with E-state index >= 15 is 0 Å². The molecule has 1 aromatic rings. The van der Waals surface area contributed by atoms with E-state index in [0.29, 0.717) is 32.4 Å². The minimum atomic E-state index is -0.457. The van der Waals surface area contributed by atoms with E-state index in [-0.39, 0.29) is 17.9 Å². The van der Waals surface area contributed by atoms with Crippen LogP contribution in [-0.4, -0.2) is 43.5 Å². The third-order valence-corrected chi connectivity index (χ3v) is 4.56. The molecule has 1 fully saturated rings. The molecule has 0 bridgehead atoms. The largest absolute Gasteiger partial charge is 0.493 e. The first-order chi connectivity index (χ1) is 11.7. The summed E-state index contributed by atoms with van der Waals surface area (Å²) in [6.45, 7) is 3.37. The summed E-state index contributed by atoms with van der Waals surface area (Å²) in [7, 11) is 1.58. The summed E-state index contributed by atoms with van der Waals surface area (Å²) in [5.74, 6) is 0.870. The molecule has 0 aromatic heterocycles. The van der Waals surface area contributed by atoms with Crippen molar-refractivity contribution in [1.82, 2.24) is 5.32 Å². The number of methoxy groups -OCH3 is 1. The van der Waals surface area contributed by atoms with Crippen LogP contribution in [0.5, 0.6) is 5.75 Å². The summed E-state index contributed by atoms with van der Waals surface area (Å²) < 4.78 is 11.0.